The largest absolute Gasteiger partial charge is 1.00 e. The number of benzene rings is 1. The molecule has 0 spiro atoms. The van der Waals surface area contributed by atoms with Crippen molar-refractivity contribution in [2.45, 2.75) is 25.7 Å². The van der Waals surface area contributed by atoms with E-state index in [1.807, 2.05) is 17.5 Å². The van der Waals surface area contributed by atoms with Gasteiger partial charge < -0.3 is 4.43 Å². The normalized spacial score (nSPS) is 12.8. The molecule has 1 nitrogen and oxygen atoms in total. The van der Waals surface area contributed by atoms with Crippen molar-refractivity contribution in [3.8, 4) is 0 Å². The molecule has 1 unspecified atom stereocenters. The average Bonchev–Trinajstić information content (AvgIpc) is 2.79. The number of thiophene rings is 1. The smallest absolute Gasteiger partial charge is 0.422 e. The first-order chi connectivity index (χ1) is 8.06. The summed E-state index contributed by atoms with van der Waals surface area (Å²) < 4.78 is 6.30. The zero-order valence-corrected chi connectivity index (χ0v) is 13.3. The minimum Gasteiger partial charge on any atom is -0.422 e. The van der Waals surface area contributed by atoms with Gasteiger partial charge in [-0.15, -0.1) is 10.3 Å². The summed E-state index contributed by atoms with van der Waals surface area (Å²) in [6, 6.07) is 15.6. The molecular formula is C14H17LiOSSi. The molecule has 90 valence electrons. The molecule has 2 rings (SSSR count). The van der Waals surface area contributed by atoms with Gasteiger partial charge in [0.2, 0.25) is 0 Å². The van der Waals surface area contributed by atoms with Crippen LogP contribution in [0.4, 0.5) is 0 Å². The van der Waals surface area contributed by atoms with Crippen LogP contribution in [-0.4, -0.2) is 8.32 Å². The molecule has 1 atom stereocenters. The van der Waals surface area contributed by atoms with E-state index in [4.69, 9.17) is 4.43 Å². The fourth-order valence-electron chi connectivity index (χ4n) is 1.66. The Morgan fingerprint density at radius 3 is 2.33 bits per heavy atom. The predicted octanol–water partition coefficient (Wildman–Crippen LogP) is 1.49. The van der Waals surface area contributed by atoms with Crippen molar-refractivity contribution in [3.05, 3.63) is 58.3 Å². The molecule has 0 N–H and O–H groups in total. The first-order valence-corrected chi connectivity index (χ1v) is 10.0. The number of hydrogen-bond donors (Lipinski definition) is 0. The molecular weight excluding hydrogens is 251 g/mol. The van der Waals surface area contributed by atoms with Crippen LogP contribution >= 0.6 is 11.3 Å². The van der Waals surface area contributed by atoms with Crippen molar-refractivity contribution < 1.29 is 23.3 Å². The summed E-state index contributed by atoms with van der Waals surface area (Å²) in [5.41, 5.74) is 1.23. The summed E-state index contributed by atoms with van der Waals surface area (Å²) in [6.07, 6.45) is 0.0686. The second-order valence-electron chi connectivity index (χ2n) is 4.97. The first kappa shape index (κ1) is 15.8. The van der Waals surface area contributed by atoms with E-state index in [9.17, 15) is 0 Å². The summed E-state index contributed by atoms with van der Waals surface area (Å²) >= 11 is 1.71. The van der Waals surface area contributed by atoms with Gasteiger partial charge in [0.05, 0.1) is 0 Å². The Bertz CT molecular complexity index is 450. The Labute approximate surface area is 127 Å². The third kappa shape index (κ3) is 4.42. The van der Waals surface area contributed by atoms with Crippen LogP contribution in [0.3, 0.4) is 0 Å². The van der Waals surface area contributed by atoms with Crippen LogP contribution in [0.2, 0.25) is 19.6 Å². The maximum absolute atomic E-state index is 6.30. The van der Waals surface area contributed by atoms with Gasteiger partial charge in [0, 0.05) is 6.10 Å². The molecule has 1 aromatic heterocycles. The third-order valence-electron chi connectivity index (χ3n) is 2.32. The van der Waals surface area contributed by atoms with Crippen LogP contribution in [0, 0.1) is 6.07 Å². The van der Waals surface area contributed by atoms with E-state index < -0.39 is 8.32 Å². The van der Waals surface area contributed by atoms with E-state index in [0.717, 1.165) is 0 Å². The Balaban J connectivity index is 0.00000162. The van der Waals surface area contributed by atoms with Crippen molar-refractivity contribution in [2.24, 2.45) is 0 Å². The topological polar surface area (TPSA) is 9.23 Å². The van der Waals surface area contributed by atoms with Crippen molar-refractivity contribution in [2.75, 3.05) is 0 Å². The van der Waals surface area contributed by atoms with E-state index in [2.05, 4.69) is 50.0 Å². The third-order valence-corrected chi connectivity index (χ3v) is 4.12. The quantitative estimate of drug-likeness (QED) is 0.603. The predicted molar refractivity (Wildman–Crippen MR) is 75.9 cm³/mol. The van der Waals surface area contributed by atoms with Gasteiger partial charge in [0.15, 0.2) is 8.32 Å². The maximum Gasteiger partial charge on any atom is 1.00 e. The standard InChI is InChI=1S/C14H17OSSi.Li/c1-17(2,3)15-14(13-10-7-11-16-13)12-8-5-4-6-9-12;/h4-6,8-11,14H,1-3H3;/q-1;+1. The molecule has 0 aliphatic rings. The molecule has 0 bridgehead atoms. The fourth-order valence-corrected chi connectivity index (χ4v) is 3.43. The van der Waals surface area contributed by atoms with E-state index in [0.29, 0.717) is 0 Å². The van der Waals surface area contributed by atoms with Gasteiger partial charge in [-0.25, -0.2) is 12.1 Å². The SMILES string of the molecule is C[Si](C)(C)OC(c1ccccc1)c1c[c-]cs1.[Li+]. The minimum atomic E-state index is -1.57. The monoisotopic (exact) mass is 268 g/mol. The summed E-state index contributed by atoms with van der Waals surface area (Å²) in [5.74, 6) is 0. The van der Waals surface area contributed by atoms with Crippen LogP contribution in [0.15, 0.2) is 41.8 Å². The van der Waals surface area contributed by atoms with Gasteiger partial charge >= 0.3 is 18.9 Å². The van der Waals surface area contributed by atoms with E-state index in [1.165, 1.54) is 10.4 Å². The van der Waals surface area contributed by atoms with E-state index in [1.54, 1.807) is 11.3 Å². The van der Waals surface area contributed by atoms with Crippen LogP contribution in [0.5, 0.6) is 0 Å². The van der Waals surface area contributed by atoms with Crippen molar-refractivity contribution in [1.82, 2.24) is 0 Å². The second kappa shape index (κ2) is 6.74. The summed E-state index contributed by atoms with van der Waals surface area (Å²) in [7, 11) is -1.57. The average molecular weight is 268 g/mol. The fraction of sp³-hybridized carbons (Fsp3) is 0.286. The van der Waals surface area contributed by atoms with Gasteiger partial charge in [-0.2, -0.15) is 0 Å². The first-order valence-electron chi connectivity index (χ1n) is 5.73. The molecule has 0 amide bonds. The molecule has 1 heterocycles. The van der Waals surface area contributed by atoms with Crippen molar-refractivity contribution in [1.29, 1.82) is 0 Å². The maximum atomic E-state index is 6.30. The summed E-state index contributed by atoms with van der Waals surface area (Å²) in [5, 5.41) is 1.98. The zero-order chi connectivity index (χ0) is 12.3. The molecule has 0 fully saturated rings. The molecule has 1 aromatic carbocycles. The van der Waals surface area contributed by atoms with E-state index in [-0.39, 0.29) is 25.0 Å². The molecule has 18 heavy (non-hydrogen) atoms. The molecule has 0 saturated heterocycles. The summed E-state index contributed by atoms with van der Waals surface area (Å²) in [4.78, 5) is 1.23. The zero-order valence-electron chi connectivity index (χ0n) is 11.4. The van der Waals surface area contributed by atoms with Crippen LogP contribution in [0.1, 0.15) is 16.5 Å². The number of rotatable bonds is 4. The molecule has 0 saturated carbocycles. The van der Waals surface area contributed by atoms with Crippen LogP contribution < -0.4 is 18.9 Å². The van der Waals surface area contributed by atoms with E-state index >= 15 is 0 Å². The number of hydrogen-bond acceptors (Lipinski definition) is 2. The molecule has 0 aliphatic heterocycles. The van der Waals surface area contributed by atoms with Crippen molar-refractivity contribution >= 4 is 19.7 Å². The van der Waals surface area contributed by atoms with Crippen LogP contribution in [0.25, 0.3) is 0 Å². The van der Waals surface area contributed by atoms with Gasteiger partial charge in [0.25, 0.3) is 0 Å². The Morgan fingerprint density at radius 2 is 1.83 bits per heavy atom. The minimum absolute atomic E-state index is 0. The van der Waals surface area contributed by atoms with Crippen LogP contribution in [-0.2, 0) is 4.43 Å². The Hall–Kier alpha value is -0.306. The Kier molecular flexibility index (Phi) is 5.90. The molecule has 2 aromatic rings. The molecule has 0 radical (unpaired) electrons. The van der Waals surface area contributed by atoms with Gasteiger partial charge in [-0.3, -0.25) is 11.3 Å². The van der Waals surface area contributed by atoms with Crippen molar-refractivity contribution in [3.63, 3.8) is 0 Å². The van der Waals surface area contributed by atoms with Gasteiger partial charge in [-0.05, 0) is 25.2 Å². The molecule has 0 aliphatic carbocycles. The molecule has 4 heteroatoms. The van der Waals surface area contributed by atoms with Gasteiger partial charge in [-0.1, -0.05) is 30.3 Å². The Morgan fingerprint density at radius 1 is 1.17 bits per heavy atom. The second-order valence-corrected chi connectivity index (χ2v) is 10.4. The van der Waals surface area contributed by atoms with Gasteiger partial charge in [0.1, 0.15) is 0 Å². The summed E-state index contributed by atoms with van der Waals surface area (Å²) in [6.45, 7) is 6.67.